The maximum atomic E-state index is 5.87. The van der Waals surface area contributed by atoms with E-state index in [1.54, 1.807) is 6.26 Å². The molecule has 1 aromatic heterocycles. The Kier molecular flexibility index (Phi) is 2.63. The lowest BCUT2D eigenvalue weighted by molar-refractivity contribution is -0.0518. The number of ether oxygens (including phenoxy) is 2. The molecule has 1 saturated heterocycles. The molecule has 1 fully saturated rings. The van der Waals surface area contributed by atoms with Crippen LogP contribution in [0.4, 0.5) is 0 Å². The number of furan rings is 1. The summed E-state index contributed by atoms with van der Waals surface area (Å²) < 4.78 is 15.7. The third kappa shape index (κ3) is 2.09. The van der Waals surface area contributed by atoms with Crippen LogP contribution in [-0.2, 0) is 9.47 Å². The first-order valence-corrected chi connectivity index (χ1v) is 4.38. The molecule has 2 N–H and O–H groups in total. The number of nitrogens with two attached hydrogens (primary N) is 1. The van der Waals surface area contributed by atoms with Crippen molar-refractivity contribution < 1.29 is 13.9 Å². The van der Waals surface area contributed by atoms with E-state index in [0.717, 1.165) is 5.76 Å². The van der Waals surface area contributed by atoms with Gasteiger partial charge < -0.3 is 19.6 Å². The fourth-order valence-electron chi connectivity index (χ4n) is 1.37. The molecule has 1 unspecified atom stereocenters. The molecule has 0 spiro atoms. The third-order valence-electron chi connectivity index (χ3n) is 2.05. The van der Waals surface area contributed by atoms with Gasteiger partial charge in [0.1, 0.15) is 5.76 Å². The van der Waals surface area contributed by atoms with Crippen molar-refractivity contribution in [2.24, 2.45) is 5.73 Å². The van der Waals surface area contributed by atoms with Gasteiger partial charge >= 0.3 is 0 Å². The van der Waals surface area contributed by atoms with Crippen LogP contribution in [-0.4, -0.2) is 19.5 Å². The summed E-state index contributed by atoms with van der Waals surface area (Å²) in [5.74, 6) is 0.777. The molecule has 4 heteroatoms. The average Bonchev–Trinajstić information content (AvgIpc) is 2.74. The van der Waals surface area contributed by atoms with Crippen LogP contribution in [0.3, 0.4) is 0 Å². The van der Waals surface area contributed by atoms with Crippen LogP contribution >= 0.6 is 0 Å². The molecule has 72 valence electrons. The summed E-state index contributed by atoms with van der Waals surface area (Å²) in [7, 11) is 0. The van der Waals surface area contributed by atoms with Gasteiger partial charge in [-0.05, 0) is 12.1 Å². The SMILES string of the molecule is NC(CC1OCCO1)c1ccco1. The van der Waals surface area contributed by atoms with Crippen molar-refractivity contribution in [1.82, 2.24) is 0 Å². The highest BCUT2D eigenvalue weighted by Gasteiger charge is 2.21. The Morgan fingerprint density at radius 1 is 1.46 bits per heavy atom. The Bertz CT molecular complexity index is 241. The van der Waals surface area contributed by atoms with Gasteiger partial charge in [-0.3, -0.25) is 0 Å². The van der Waals surface area contributed by atoms with Gasteiger partial charge in [0.05, 0.1) is 25.5 Å². The summed E-state index contributed by atoms with van der Waals surface area (Å²) in [5, 5.41) is 0. The van der Waals surface area contributed by atoms with Crippen LogP contribution in [0.25, 0.3) is 0 Å². The monoisotopic (exact) mass is 183 g/mol. The van der Waals surface area contributed by atoms with Crippen molar-refractivity contribution in [1.29, 1.82) is 0 Å². The van der Waals surface area contributed by atoms with Crippen molar-refractivity contribution in [2.45, 2.75) is 18.8 Å². The lowest BCUT2D eigenvalue weighted by Gasteiger charge is -2.13. The molecular weight excluding hydrogens is 170 g/mol. The van der Waals surface area contributed by atoms with E-state index in [4.69, 9.17) is 19.6 Å². The average molecular weight is 183 g/mol. The smallest absolute Gasteiger partial charge is 0.159 e. The molecule has 0 aliphatic carbocycles. The molecule has 1 aliphatic rings. The molecule has 0 amide bonds. The normalized spacial score (nSPS) is 20.7. The van der Waals surface area contributed by atoms with E-state index in [0.29, 0.717) is 19.6 Å². The molecule has 13 heavy (non-hydrogen) atoms. The minimum atomic E-state index is -0.167. The second kappa shape index (κ2) is 3.91. The van der Waals surface area contributed by atoms with Crippen LogP contribution in [0.1, 0.15) is 18.2 Å². The Morgan fingerprint density at radius 2 is 2.23 bits per heavy atom. The number of hydrogen-bond donors (Lipinski definition) is 1. The van der Waals surface area contributed by atoms with E-state index < -0.39 is 0 Å². The van der Waals surface area contributed by atoms with Crippen molar-refractivity contribution in [3.05, 3.63) is 24.2 Å². The number of rotatable bonds is 3. The highest BCUT2D eigenvalue weighted by molar-refractivity contribution is 5.03. The Balaban J connectivity index is 1.87. The van der Waals surface area contributed by atoms with Crippen LogP contribution in [0.15, 0.2) is 22.8 Å². The summed E-state index contributed by atoms with van der Waals surface area (Å²) in [4.78, 5) is 0. The molecule has 2 rings (SSSR count). The standard InChI is InChI=1S/C9H13NO3/c10-7(8-2-1-3-11-8)6-9-12-4-5-13-9/h1-3,7,9H,4-6,10H2. The van der Waals surface area contributed by atoms with E-state index in [1.165, 1.54) is 0 Å². The topological polar surface area (TPSA) is 57.6 Å². The molecule has 0 radical (unpaired) electrons. The molecule has 1 aliphatic heterocycles. The second-order valence-electron chi connectivity index (χ2n) is 3.03. The fourth-order valence-corrected chi connectivity index (χ4v) is 1.37. The van der Waals surface area contributed by atoms with Crippen molar-refractivity contribution in [3.8, 4) is 0 Å². The molecule has 1 aromatic rings. The van der Waals surface area contributed by atoms with E-state index >= 15 is 0 Å². The predicted octanol–water partition coefficient (Wildman–Crippen LogP) is 1.04. The second-order valence-corrected chi connectivity index (χ2v) is 3.03. The molecule has 2 heterocycles. The zero-order chi connectivity index (χ0) is 9.10. The first-order chi connectivity index (χ1) is 6.36. The van der Waals surface area contributed by atoms with Gasteiger partial charge in [-0.15, -0.1) is 0 Å². The van der Waals surface area contributed by atoms with Crippen LogP contribution in [0.5, 0.6) is 0 Å². The minimum absolute atomic E-state index is 0.141. The quantitative estimate of drug-likeness (QED) is 0.760. The van der Waals surface area contributed by atoms with Gasteiger partial charge in [-0.1, -0.05) is 0 Å². The predicted molar refractivity (Wildman–Crippen MR) is 45.9 cm³/mol. The lowest BCUT2D eigenvalue weighted by Crippen LogP contribution is -2.18. The van der Waals surface area contributed by atoms with Crippen LogP contribution in [0, 0.1) is 0 Å². The highest BCUT2D eigenvalue weighted by Crippen LogP contribution is 2.20. The van der Waals surface area contributed by atoms with Gasteiger partial charge in [-0.25, -0.2) is 0 Å². The summed E-state index contributed by atoms with van der Waals surface area (Å²) in [6.07, 6.45) is 2.10. The summed E-state index contributed by atoms with van der Waals surface area (Å²) >= 11 is 0. The highest BCUT2D eigenvalue weighted by atomic mass is 16.7. The Labute approximate surface area is 76.6 Å². The van der Waals surface area contributed by atoms with Crippen LogP contribution in [0.2, 0.25) is 0 Å². The summed E-state index contributed by atoms with van der Waals surface area (Å²) in [5.41, 5.74) is 5.87. The van der Waals surface area contributed by atoms with E-state index in [2.05, 4.69) is 0 Å². The fraction of sp³-hybridized carbons (Fsp3) is 0.556. The van der Waals surface area contributed by atoms with Gasteiger partial charge in [0.2, 0.25) is 0 Å². The molecule has 0 aromatic carbocycles. The maximum Gasteiger partial charge on any atom is 0.159 e. The van der Waals surface area contributed by atoms with E-state index in [-0.39, 0.29) is 12.3 Å². The van der Waals surface area contributed by atoms with E-state index in [9.17, 15) is 0 Å². The zero-order valence-corrected chi connectivity index (χ0v) is 7.31. The molecule has 0 saturated carbocycles. The summed E-state index contributed by atoms with van der Waals surface area (Å²) in [6, 6.07) is 3.55. The first-order valence-electron chi connectivity index (χ1n) is 4.38. The Hall–Kier alpha value is -0.840. The molecule has 0 bridgehead atoms. The van der Waals surface area contributed by atoms with Gasteiger partial charge in [0.25, 0.3) is 0 Å². The molecular formula is C9H13NO3. The number of hydrogen-bond acceptors (Lipinski definition) is 4. The molecule has 4 nitrogen and oxygen atoms in total. The molecule has 1 atom stereocenters. The van der Waals surface area contributed by atoms with Crippen molar-refractivity contribution >= 4 is 0 Å². The maximum absolute atomic E-state index is 5.87. The van der Waals surface area contributed by atoms with E-state index in [1.807, 2.05) is 12.1 Å². The minimum Gasteiger partial charge on any atom is -0.468 e. The van der Waals surface area contributed by atoms with Gasteiger partial charge in [0.15, 0.2) is 6.29 Å². The summed E-state index contributed by atoms with van der Waals surface area (Å²) in [6.45, 7) is 1.32. The van der Waals surface area contributed by atoms with Crippen LogP contribution < -0.4 is 5.73 Å². The van der Waals surface area contributed by atoms with Crippen molar-refractivity contribution in [3.63, 3.8) is 0 Å². The largest absolute Gasteiger partial charge is 0.468 e. The van der Waals surface area contributed by atoms with Gasteiger partial charge in [-0.2, -0.15) is 0 Å². The van der Waals surface area contributed by atoms with Gasteiger partial charge in [0, 0.05) is 6.42 Å². The lowest BCUT2D eigenvalue weighted by atomic mass is 10.1. The van der Waals surface area contributed by atoms with Crippen molar-refractivity contribution in [2.75, 3.05) is 13.2 Å². The zero-order valence-electron chi connectivity index (χ0n) is 7.31. The first kappa shape index (κ1) is 8.74. The Morgan fingerprint density at radius 3 is 2.85 bits per heavy atom. The third-order valence-corrected chi connectivity index (χ3v) is 2.05.